The molecule has 0 N–H and O–H groups in total. The number of halogens is 1. The molecule has 0 spiro atoms. The molecule has 0 aliphatic rings. The molecule has 0 aromatic heterocycles. The van der Waals surface area contributed by atoms with Gasteiger partial charge in [-0.1, -0.05) is 60.1 Å². The van der Waals surface area contributed by atoms with Crippen LogP contribution in [0.3, 0.4) is 0 Å². The van der Waals surface area contributed by atoms with Crippen LogP contribution in [0.1, 0.15) is 21.5 Å². The fourth-order valence-electron chi connectivity index (χ4n) is 2.41. The van der Waals surface area contributed by atoms with Crippen molar-refractivity contribution in [1.29, 1.82) is 0 Å². The first kappa shape index (κ1) is 12.9. The number of fused-ring (bicyclic) bond motifs is 1. The first-order chi connectivity index (χ1) is 9.66. The van der Waals surface area contributed by atoms with Gasteiger partial charge in [-0.15, -0.1) is 0 Å². The standard InChI is InChI=1S/C18H13ClO/c1-12-9-10-14(19)11-17(12)18(20)16-8-4-6-13-5-2-3-7-15(13)16/h2-11H,1H3. The molecule has 0 atom stereocenters. The number of benzene rings is 3. The lowest BCUT2D eigenvalue weighted by molar-refractivity contribution is 0.103. The van der Waals surface area contributed by atoms with E-state index in [1.807, 2.05) is 55.5 Å². The van der Waals surface area contributed by atoms with Crippen LogP contribution in [0, 0.1) is 6.92 Å². The highest BCUT2D eigenvalue weighted by Crippen LogP contribution is 2.24. The second kappa shape index (κ2) is 5.10. The Morgan fingerprint density at radius 3 is 2.50 bits per heavy atom. The van der Waals surface area contributed by atoms with E-state index >= 15 is 0 Å². The van der Waals surface area contributed by atoms with Gasteiger partial charge in [-0.2, -0.15) is 0 Å². The topological polar surface area (TPSA) is 17.1 Å². The van der Waals surface area contributed by atoms with E-state index in [-0.39, 0.29) is 5.78 Å². The third-order valence-corrected chi connectivity index (χ3v) is 3.71. The van der Waals surface area contributed by atoms with Gasteiger partial charge in [0.15, 0.2) is 5.78 Å². The van der Waals surface area contributed by atoms with Crippen LogP contribution in [-0.4, -0.2) is 5.78 Å². The van der Waals surface area contributed by atoms with E-state index in [2.05, 4.69) is 0 Å². The Morgan fingerprint density at radius 1 is 0.900 bits per heavy atom. The summed E-state index contributed by atoms with van der Waals surface area (Å²) in [6.45, 7) is 1.93. The highest BCUT2D eigenvalue weighted by Gasteiger charge is 2.14. The van der Waals surface area contributed by atoms with E-state index in [9.17, 15) is 4.79 Å². The number of ketones is 1. The zero-order valence-electron chi connectivity index (χ0n) is 11.1. The first-order valence-corrected chi connectivity index (χ1v) is 6.83. The van der Waals surface area contributed by atoms with Gasteiger partial charge in [0.05, 0.1) is 0 Å². The van der Waals surface area contributed by atoms with Gasteiger partial charge in [-0.05, 0) is 35.4 Å². The Morgan fingerprint density at radius 2 is 1.65 bits per heavy atom. The zero-order valence-corrected chi connectivity index (χ0v) is 11.8. The maximum Gasteiger partial charge on any atom is 0.193 e. The molecule has 0 fully saturated rings. The fourth-order valence-corrected chi connectivity index (χ4v) is 2.58. The quantitative estimate of drug-likeness (QED) is 0.602. The van der Waals surface area contributed by atoms with Crippen LogP contribution in [0.4, 0.5) is 0 Å². The van der Waals surface area contributed by atoms with Crippen LogP contribution in [0.5, 0.6) is 0 Å². The Bertz CT molecular complexity index is 800. The highest BCUT2D eigenvalue weighted by atomic mass is 35.5. The van der Waals surface area contributed by atoms with Crippen molar-refractivity contribution in [2.75, 3.05) is 0 Å². The van der Waals surface area contributed by atoms with Crippen molar-refractivity contribution in [2.24, 2.45) is 0 Å². The molecule has 1 nitrogen and oxygen atoms in total. The summed E-state index contributed by atoms with van der Waals surface area (Å²) in [7, 11) is 0. The minimum absolute atomic E-state index is 0.0156. The van der Waals surface area contributed by atoms with Crippen molar-refractivity contribution in [3.63, 3.8) is 0 Å². The summed E-state index contributed by atoms with van der Waals surface area (Å²) < 4.78 is 0. The zero-order chi connectivity index (χ0) is 14.1. The van der Waals surface area contributed by atoms with Crippen LogP contribution in [0.2, 0.25) is 5.02 Å². The van der Waals surface area contributed by atoms with Gasteiger partial charge in [0, 0.05) is 16.1 Å². The van der Waals surface area contributed by atoms with Crippen molar-refractivity contribution in [3.05, 3.63) is 82.4 Å². The molecule has 0 aliphatic heterocycles. The van der Waals surface area contributed by atoms with Gasteiger partial charge >= 0.3 is 0 Å². The lowest BCUT2D eigenvalue weighted by atomic mass is 9.95. The molecule has 0 heterocycles. The molecule has 0 amide bonds. The summed E-state index contributed by atoms with van der Waals surface area (Å²) >= 11 is 6.01. The second-order valence-electron chi connectivity index (χ2n) is 4.82. The molecule has 0 bridgehead atoms. The first-order valence-electron chi connectivity index (χ1n) is 6.45. The summed E-state index contributed by atoms with van der Waals surface area (Å²) in [6, 6.07) is 19.1. The Hall–Kier alpha value is -2.12. The van der Waals surface area contributed by atoms with E-state index in [0.29, 0.717) is 16.1 Å². The average Bonchev–Trinajstić information content (AvgIpc) is 2.48. The second-order valence-corrected chi connectivity index (χ2v) is 5.25. The Balaban J connectivity index is 2.20. The minimum atomic E-state index is 0.0156. The predicted molar refractivity (Wildman–Crippen MR) is 83.6 cm³/mol. The lowest BCUT2D eigenvalue weighted by Gasteiger charge is -2.08. The molecule has 0 saturated carbocycles. The summed E-state index contributed by atoms with van der Waals surface area (Å²) in [4.78, 5) is 12.8. The van der Waals surface area contributed by atoms with Crippen molar-refractivity contribution in [2.45, 2.75) is 6.92 Å². The lowest BCUT2D eigenvalue weighted by Crippen LogP contribution is -2.04. The minimum Gasteiger partial charge on any atom is -0.289 e. The van der Waals surface area contributed by atoms with Crippen LogP contribution in [0.25, 0.3) is 10.8 Å². The molecule has 3 rings (SSSR count). The van der Waals surface area contributed by atoms with Crippen LogP contribution in [0.15, 0.2) is 60.7 Å². The van der Waals surface area contributed by atoms with Gasteiger partial charge in [-0.25, -0.2) is 0 Å². The number of carbonyl (C=O) groups is 1. The van der Waals surface area contributed by atoms with Gasteiger partial charge in [0.2, 0.25) is 0 Å². The molecule has 0 saturated heterocycles. The molecule has 0 radical (unpaired) electrons. The molecule has 2 heteroatoms. The summed E-state index contributed by atoms with van der Waals surface area (Å²) in [5, 5.41) is 2.62. The number of rotatable bonds is 2. The molecule has 20 heavy (non-hydrogen) atoms. The summed E-state index contributed by atoms with van der Waals surface area (Å²) in [5.41, 5.74) is 2.31. The van der Waals surface area contributed by atoms with Crippen molar-refractivity contribution >= 4 is 28.2 Å². The maximum atomic E-state index is 12.8. The molecule has 3 aromatic rings. The number of hydrogen-bond acceptors (Lipinski definition) is 1. The SMILES string of the molecule is Cc1ccc(Cl)cc1C(=O)c1cccc2ccccc12. The summed E-state index contributed by atoms with van der Waals surface area (Å²) in [6.07, 6.45) is 0. The van der Waals surface area contributed by atoms with Crippen molar-refractivity contribution < 1.29 is 4.79 Å². The van der Waals surface area contributed by atoms with E-state index < -0.39 is 0 Å². The maximum absolute atomic E-state index is 12.8. The highest BCUT2D eigenvalue weighted by molar-refractivity contribution is 6.31. The predicted octanol–water partition coefficient (Wildman–Crippen LogP) is 5.03. The molecular weight excluding hydrogens is 268 g/mol. The molecule has 98 valence electrons. The number of hydrogen-bond donors (Lipinski definition) is 0. The molecule has 0 aliphatic carbocycles. The van der Waals surface area contributed by atoms with Gasteiger partial charge in [0.25, 0.3) is 0 Å². The smallest absolute Gasteiger partial charge is 0.193 e. The monoisotopic (exact) mass is 280 g/mol. The van der Waals surface area contributed by atoms with E-state index in [0.717, 1.165) is 16.3 Å². The largest absolute Gasteiger partial charge is 0.289 e. The van der Waals surface area contributed by atoms with Gasteiger partial charge in [-0.3, -0.25) is 4.79 Å². The van der Waals surface area contributed by atoms with Gasteiger partial charge in [0.1, 0.15) is 0 Å². The molecular formula is C18H13ClO. The van der Waals surface area contributed by atoms with E-state index in [4.69, 9.17) is 11.6 Å². The van der Waals surface area contributed by atoms with Crippen LogP contribution >= 0.6 is 11.6 Å². The fraction of sp³-hybridized carbons (Fsp3) is 0.0556. The number of aryl methyl sites for hydroxylation is 1. The Kier molecular flexibility index (Phi) is 3.29. The van der Waals surface area contributed by atoms with Gasteiger partial charge < -0.3 is 0 Å². The van der Waals surface area contributed by atoms with E-state index in [1.165, 1.54) is 0 Å². The normalized spacial score (nSPS) is 10.7. The van der Waals surface area contributed by atoms with Crippen LogP contribution in [-0.2, 0) is 0 Å². The number of carbonyl (C=O) groups excluding carboxylic acids is 1. The van der Waals surface area contributed by atoms with Crippen molar-refractivity contribution in [1.82, 2.24) is 0 Å². The summed E-state index contributed by atoms with van der Waals surface area (Å²) in [5.74, 6) is 0.0156. The van der Waals surface area contributed by atoms with Crippen molar-refractivity contribution in [3.8, 4) is 0 Å². The molecule has 3 aromatic carbocycles. The average molecular weight is 281 g/mol. The van der Waals surface area contributed by atoms with E-state index in [1.54, 1.807) is 12.1 Å². The molecule has 0 unspecified atom stereocenters. The third-order valence-electron chi connectivity index (χ3n) is 3.48. The van der Waals surface area contributed by atoms with Crippen LogP contribution < -0.4 is 0 Å². The third kappa shape index (κ3) is 2.21. The Labute approximate surface area is 122 Å².